The fraction of sp³-hybridized carbons (Fsp3) is 0.119. The van der Waals surface area contributed by atoms with Crippen LogP contribution >= 0.6 is 0 Å². The first-order valence-corrected chi connectivity index (χ1v) is 17.4. The van der Waals surface area contributed by atoms with E-state index in [1.807, 2.05) is 71.4 Å². The summed E-state index contributed by atoms with van der Waals surface area (Å²) in [5, 5.41) is 7.62. The van der Waals surface area contributed by atoms with Crippen molar-refractivity contribution < 1.29 is 19.0 Å². The van der Waals surface area contributed by atoms with Crippen LogP contribution in [0, 0.1) is 12.3 Å². The summed E-state index contributed by atoms with van der Waals surface area (Å²) in [6.45, 7) is 0.360. The second-order valence-corrected chi connectivity index (χ2v) is 12.9. The number of fused-ring (bicyclic) bond motifs is 2. The van der Waals surface area contributed by atoms with Crippen LogP contribution in [0.25, 0.3) is 34.1 Å². The van der Waals surface area contributed by atoms with Gasteiger partial charge in [-0.05, 0) is 78.1 Å². The van der Waals surface area contributed by atoms with Crippen LogP contribution in [0.3, 0.4) is 0 Å². The minimum Gasteiger partial charge on any atom is -0.488 e. The van der Waals surface area contributed by atoms with Gasteiger partial charge in [-0.2, -0.15) is 5.10 Å². The SMILES string of the molecule is C#Cc1cc(-n2cccn2)nc2c1nc(-c1cccnc1N)n2-c1ccc2c(c1)CC[C@@H]2NC(=O)c1ccc(OCc2ccccc2)c(C2OC=CO2)c1. The Bertz CT molecular complexity index is 2600. The molecule has 54 heavy (non-hydrogen) atoms. The summed E-state index contributed by atoms with van der Waals surface area (Å²) in [5.41, 5.74) is 13.7. The minimum absolute atomic E-state index is 0.204. The topological polar surface area (TPSA) is 144 Å². The van der Waals surface area contributed by atoms with Crippen molar-refractivity contribution in [1.29, 1.82) is 0 Å². The van der Waals surface area contributed by atoms with Crippen LogP contribution in [-0.2, 0) is 22.5 Å². The first-order valence-electron chi connectivity index (χ1n) is 17.4. The van der Waals surface area contributed by atoms with Gasteiger partial charge in [-0.3, -0.25) is 9.36 Å². The van der Waals surface area contributed by atoms with Crippen LogP contribution in [0.5, 0.6) is 5.75 Å². The number of amides is 1. The average molecular weight is 713 g/mol. The highest BCUT2D eigenvalue weighted by Gasteiger charge is 2.28. The van der Waals surface area contributed by atoms with Gasteiger partial charge in [0.25, 0.3) is 12.2 Å². The molecule has 0 radical (unpaired) electrons. The number of aryl methyl sites for hydroxylation is 1. The van der Waals surface area contributed by atoms with Crippen molar-refractivity contribution in [3.8, 4) is 41.0 Å². The molecule has 9 rings (SSSR count). The zero-order chi connectivity index (χ0) is 36.6. The summed E-state index contributed by atoms with van der Waals surface area (Å²) in [5.74, 6) is 4.57. The molecule has 12 heteroatoms. The van der Waals surface area contributed by atoms with E-state index in [-0.39, 0.29) is 11.9 Å². The summed E-state index contributed by atoms with van der Waals surface area (Å²) in [6, 6.07) is 28.4. The van der Waals surface area contributed by atoms with E-state index in [1.165, 1.54) is 12.5 Å². The molecule has 1 aliphatic heterocycles. The molecule has 1 atom stereocenters. The maximum Gasteiger partial charge on any atom is 0.269 e. The molecule has 12 nitrogen and oxygen atoms in total. The number of benzene rings is 3. The molecule has 4 aromatic heterocycles. The standard InChI is InChI=1S/C42H32N8O4/c1-2-27-24-36(49-19-7-18-45-49)47-40-37(27)48-39(32-10-6-17-44-38(32)43)50(40)30-13-14-31-28(22-30)11-15-34(31)46-41(51)29-12-16-35(33(23-29)42-52-20-21-53-42)54-25-26-8-4-3-5-9-26/h1,3-10,12-14,16-24,34,42H,11,15,25H2,(H2,43,44)(H,46,51)/t34-/m0/s1. The van der Waals surface area contributed by atoms with Crippen LogP contribution < -0.4 is 15.8 Å². The fourth-order valence-electron chi connectivity index (χ4n) is 6.96. The Balaban J connectivity index is 1.03. The monoisotopic (exact) mass is 712 g/mol. The molecular formula is C42H32N8O4. The summed E-state index contributed by atoms with van der Waals surface area (Å²) >= 11 is 0. The smallest absolute Gasteiger partial charge is 0.269 e. The van der Waals surface area contributed by atoms with Crippen molar-refractivity contribution in [3.63, 3.8) is 0 Å². The van der Waals surface area contributed by atoms with E-state index in [4.69, 9.17) is 36.3 Å². The highest BCUT2D eigenvalue weighted by Crippen LogP contribution is 2.38. The van der Waals surface area contributed by atoms with Gasteiger partial charge in [-0.25, -0.2) is 19.6 Å². The number of pyridine rings is 2. The Morgan fingerprint density at radius 1 is 0.963 bits per heavy atom. The van der Waals surface area contributed by atoms with Crippen LogP contribution in [0.2, 0.25) is 0 Å². The average Bonchev–Trinajstić information content (AvgIpc) is 4.05. The zero-order valence-electron chi connectivity index (χ0n) is 28.8. The van der Waals surface area contributed by atoms with Gasteiger partial charge in [-0.1, -0.05) is 42.3 Å². The maximum atomic E-state index is 13.8. The van der Waals surface area contributed by atoms with Crippen molar-refractivity contribution in [3.05, 3.63) is 155 Å². The number of nitrogens with one attached hydrogen (secondary N) is 1. The number of terminal acetylenes is 1. The molecule has 0 unspecified atom stereocenters. The first kappa shape index (κ1) is 32.5. The van der Waals surface area contributed by atoms with Crippen LogP contribution in [0.15, 0.2) is 122 Å². The Kier molecular flexibility index (Phi) is 8.21. The predicted octanol–water partition coefficient (Wildman–Crippen LogP) is 6.74. The van der Waals surface area contributed by atoms with Crippen molar-refractivity contribution in [1.82, 2.24) is 34.6 Å². The Morgan fingerprint density at radius 2 is 1.83 bits per heavy atom. The van der Waals surface area contributed by atoms with Gasteiger partial charge in [0.1, 0.15) is 36.2 Å². The number of ether oxygens (including phenoxy) is 3. The summed E-state index contributed by atoms with van der Waals surface area (Å²) in [7, 11) is 0. The van der Waals surface area contributed by atoms with E-state index in [2.05, 4.69) is 27.4 Å². The third-order valence-corrected chi connectivity index (χ3v) is 9.57. The molecule has 5 heterocycles. The third kappa shape index (κ3) is 5.93. The van der Waals surface area contributed by atoms with Gasteiger partial charge in [0.2, 0.25) is 0 Å². The van der Waals surface area contributed by atoms with Gasteiger partial charge >= 0.3 is 0 Å². The normalized spacial score (nSPS) is 14.7. The maximum absolute atomic E-state index is 13.8. The van der Waals surface area contributed by atoms with E-state index < -0.39 is 6.29 Å². The van der Waals surface area contributed by atoms with Crippen LogP contribution in [-0.4, -0.2) is 35.2 Å². The predicted molar refractivity (Wildman–Crippen MR) is 201 cm³/mol. The molecule has 3 N–H and O–H groups in total. The Hall–Kier alpha value is -7.39. The second-order valence-electron chi connectivity index (χ2n) is 12.9. The number of nitrogens with two attached hydrogens (primary N) is 1. The number of anilines is 1. The van der Waals surface area contributed by atoms with Gasteiger partial charge < -0.3 is 25.3 Å². The van der Waals surface area contributed by atoms with E-state index >= 15 is 0 Å². The molecule has 3 aromatic carbocycles. The van der Waals surface area contributed by atoms with Gasteiger partial charge in [0.15, 0.2) is 17.3 Å². The Labute approximate surface area is 309 Å². The molecular weight excluding hydrogens is 681 g/mol. The second kappa shape index (κ2) is 13.6. The molecule has 0 spiro atoms. The highest BCUT2D eigenvalue weighted by atomic mass is 16.7. The van der Waals surface area contributed by atoms with Gasteiger partial charge in [0, 0.05) is 35.9 Å². The zero-order valence-corrected chi connectivity index (χ0v) is 28.8. The number of nitrogen functional groups attached to an aromatic ring is 1. The molecule has 1 aliphatic carbocycles. The number of nitrogens with zero attached hydrogens (tertiary/aromatic N) is 6. The first-order chi connectivity index (χ1) is 26.5. The number of carbonyl (C=O) groups excluding carboxylic acids is 1. The summed E-state index contributed by atoms with van der Waals surface area (Å²) < 4.78 is 21.0. The van der Waals surface area contributed by atoms with E-state index in [1.54, 1.807) is 41.3 Å². The summed E-state index contributed by atoms with van der Waals surface area (Å²) in [4.78, 5) is 28.1. The highest BCUT2D eigenvalue weighted by molar-refractivity contribution is 5.95. The third-order valence-electron chi connectivity index (χ3n) is 9.57. The van der Waals surface area contributed by atoms with Gasteiger partial charge in [-0.15, -0.1) is 6.42 Å². The number of imidazole rings is 1. The molecule has 7 aromatic rings. The van der Waals surface area contributed by atoms with E-state index in [0.717, 1.165) is 35.2 Å². The van der Waals surface area contributed by atoms with Crippen molar-refractivity contribution >= 4 is 22.9 Å². The van der Waals surface area contributed by atoms with Crippen LogP contribution in [0.1, 0.15) is 56.9 Å². The van der Waals surface area contributed by atoms with Crippen molar-refractivity contribution in [2.45, 2.75) is 31.8 Å². The molecule has 1 amide bonds. The molecule has 0 saturated heterocycles. The van der Waals surface area contributed by atoms with E-state index in [9.17, 15) is 4.79 Å². The number of aromatic nitrogens is 6. The lowest BCUT2D eigenvalue weighted by atomic mass is 10.0. The van der Waals surface area contributed by atoms with Crippen LogP contribution in [0.4, 0.5) is 5.82 Å². The minimum atomic E-state index is -0.720. The largest absolute Gasteiger partial charge is 0.488 e. The molecule has 264 valence electrons. The number of rotatable bonds is 9. The molecule has 0 fully saturated rings. The fourth-order valence-corrected chi connectivity index (χ4v) is 6.96. The van der Waals surface area contributed by atoms with Crippen molar-refractivity contribution in [2.24, 2.45) is 0 Å². The quantitative estimate of drug-likeness (QED) is 0.156. The molecule has 0 saturated carbocycles. The van der Waals surface area contributed by atoms with Gasteiger partial charge in [0.05, 0.1) is 22.7 Å². The number of carbonyl (C=O) groups is 1. The number of hydrogen-bond acceptors (Lipinski definition) is 9. The lowest BCUT2D eigenvalue weighted by molar-refractivity contribution is -0.0266. The van der Waals surface area contributed by atoms with E-state index in [0.29, 0.717) is 63.2 Å². The molecule has 2 aliphatic rings. The molecule has 0 bridgehead atoms. The van der Waals surface area contributed by atoms with Crippen molar-refractivity contribution in [2.75, 3.05) is 5.73 Å². The summed E-state index contributed by atoms with van der Waals surface area (Å²) in [6.07, 6.45) is 14.8. The lowest BCUT2D eigenvalue weighted by Crippen LogP contribution is -2.27. The number of hydrogen-bond donors (Lipinski definition) is 2. The lowest BCUT2D eigenvalue weighted by Gasteiger charge is -2.19. The Morgan fingerprint density at radius 3 is 2.63 bits per heavy atom.